The number of aryl methyl sites for hydroxylation is 1. The number of hydrogen-bond donors (Lipinski definition) is 0. The van der Waals surface area contributed by atoms with E-state index in [1.165, 1.54) is 12.1 Å². The van der Waals surface area contributed by atoms with Crippen molar-refractivity contribution in [3.63, 3.8) is 0 Å². The van der Waals surface area contributed by atoms with Gasteiger partial charge in [0.05, 0.1) is 0 Å². The molecule has 0 heterocycles. The first-order chi connectivity index (χ1) is 6.68. The third-order valence-electron chi connectivity index (χ3n) is 2.99. The van der Waals surface area contributed by atoms with Gasteiger partial charge in [-0.05, 0) is 43.4 Å². The molecule has 0 N–H and O–H groups in total. The minimum absolute atomic E-state index is 0.107. The Morgan fingerprint density at radius 3 is 2.07 bits per heavy atom. The Labute approximate surface area is 82.9 Å². The minimum atomic E-state index is -0.366. The molecule has 0 atom stereocenters. The van der Waals surface area contributed by atoms with Crippen molar-refractivity contribution in [1.29, 1.82) is 0 Å². The molecule has 14 heavy (non-hydrogen) atoms. The van der Waals surface area contributed by atoms with Crippen LogP contribution in [0.3, 0.4) is 0 Å². The van der Waals surface area contributed by atoms with Gasteiger partial charge in [-0.15, -0.1) is 0 Å². The minimum Gasteiger partial charge on any atom is -0.207 e. The molecule has 1 aromatic rings. The SMILES string of the molecule is Cc1cc(F)c(C2CCCC2)c(F)c1. The third-order valence-corrected chi connectivity index (χ3v) is 2.99. The van der Waals surface area contributed by atoms with Gasteiger partial charge in [-0.25, -0.2) is 8.78 Å². The van der Waals surface area contributed by atoms with E-state index in [2.05, 4.69) is 0 Å². The van der Waals surface area contributed by atoms with E-state index < -0.39 is 0 Å². The van der Waals surface area contributed by atoms with Crippen LogP contribution in [0.2, 0.25) is 0 Å². The predicted octanol–water partition coefficient (Wildman–Crippen LogP) is 3.93. The Morgan fingerprint density at radius 1 is 1.07 bits per heavy atom. The summed E-state index contributed by atoms with van der Waals surface area (Å²) in [5.74, 6) is -0.626. The standard InChI is InChI=1S/C12H14F2/c1-8-6-10(13)12(11(14)7-8)9-4-2-3-5-9/h6-7,9H,2-5H2,1H3. The van der Waals surface area contributed by atoms with Crippen molar-refractivity contribution in [2.24, 2.45) is 0 Å². The maximum Gasteiger partial charge on any atom is 0.129 e. The molecular formula is C12H14F2. The molecule has 1 aromatic carbocycles. The van der Waals surface area contributed by atoms with Crippen LogP contribution in [-0.2, 0) is 0 Å². The molecule has 0 unspecified atom stereocenters. The molecule has 1 aliphatic rings. The summed E-state index contributed by atoms with van der Waals surface area (Å²) in [6.45, 7) is 1.71. The van der Waals surface area contributed by atoms with Gasteiger partial charge in [0.2, 0.25) is 0 Å². The monoisotopic (exact) mass is 196 g/mol. The molecule has 2 heteroatoms. The first-order valence-corrected chi connectivity index (χ1v) is 5.14. The van der Waals surface area contributed by atoms with Crippen molar-refractivity contribution in [2.75, 3.05) is 0 Å². The van der Waals surface area contributed by atoms with Gasteiger partial charge >= 0.3 is 0 Å². The molecule has 0 aliphatic heterocycles. The molecule has 76 valence electrons. The summed E-state index contributed by atoms with van der Waals surface area (Å²) in [4.78, 5) is 0. The smallest absolute Gasteiger partial charge is 0.129 e. The van der Waals surface area contributed by atoms with Gasteiger partial charge in [0.15, 0.2) is 0 Å². The van der Waals surface area contributed by atoms with Gasteiger partial charge in [-0.2, -0.15) is 0 Å². The van der Waals surface area contributed by atoms with E-state index >= 15 is 0 Å². The second-order valence-electron chi connectivity index (χ2n) is 4.12. The second-order valence-corrected chi connectivity index (χ2v) is 4.12. The number of hydrogen-bond acceptors (Lipinski definition) is 0. The Bertz CT molecular complexity index is 315. The first-order valence-electron chi connectivity index (χ1n) is 5.14. The van der Waals surface area contributed by atoms with Crippen molar-refractivity contribution >= 4 is 0 Å². The van der Waals surface area contributed by atoms with Crippen LogP contribution in [0.15, 0.2) is 12.1 Å². The zero-order chi connectivity index (χ0) is 10.1. The quantitative estimate of drug-likeness (QED) is 0.638. The fraction of sp³-hybridized carbons (Fsp3) is 0.500. The zero-order valence-electron chi connectivity index (χ0n) is 8.32. The summed E-state index contributed by atoms with van der Waals surface area (Å²) >= 11 is 0. The molecule has 2 rings (SSSR count). The highest BCUT2D eigenvalue weighted by Crippen LogP contribution is 2.36. The average molecular weight is 196 g/mol. The van der Waals surface area contributed by atoms with Gasteiger partial charge in [0.1, 0.15) is 11.6 Å². The molecular weight excluding hydrogens is 182 g/mol. The molecule has 1 saturated carbocycles. The summed E-state index contributed by atoms with van der Waals surface area (Å²) < 4.78 is 27.0. The number of rotatable bonds is 1. The van der Waals surface area contributed by atoms with Crippen LogP contribution >= 0.6 is 0 Å². The summed E-state index contributed by atoms with van der Waals surface area (Å²) in [5, 5.41) is 0. The highest BCUT2D eigenvalue weighted by Gasteiger charge is 2.23. The van der Waals surface area contributed by atoms with Gasteiger partial charge in [0, 0.05) is 5.56 Å². The van der Waals surface area contributed by atoms with Crippen molar-refractivity contribution < 1.29 is 8.78 Å². The summed E-state index contributed by atoms with van der Waals surface area (Å²) in [6.07, 6.45) is 4.04. The van der Waals surface area contributed by atoms with Crippen LogP contribution in [0, 0.1) is 18.6 Å². The van der Waals surface area contributed by atoms with Gasteiger partial charge in [-0.3, -0.25) is 0 Å². The van der Waals surface area contributed by atoms with E-state index in [4.69, 9.17) is 0 Å². The van der Waals surface area contributed by atoms with E-state index in [-0.39, 0.29) is 17.6 Å². The molecule has 0 spiro atoms. The average Bonchev–Trinajstić information content (AvgIpc) is 2.54. The molecule has 0 bridgehead atoms. The fourth-order valence-corrected chi connectivity index (χ4v) is 2.32. The van der Waals surface area contributed by atoms with Crippen LogP contribution in [0.25, 0.3) is 0 Å². The van der Waals surface area contributed by atoms with Gasteiger partial charge in [-0.1, -0.05) is 12.8 Å². The van der Waals surface area contributed by atoms with E-state index in [0.717, 1.165) is 25.7 Å². The molecule has 1 aliphatic carbocycles. The Kier molecular flexibility index (Phi) is 2.53. The van der Waals surface area contributed by atoms with Crippen LogP contribution in [0.4, 0.5) is 8.78 Å². The van der Waals surface area contributed by atoms with Crippen molar-refractivity contribution in [3.8, 4) is 0 Å². The normalized spacial score (nSPS) is 17.6. The summed E-state index contributed by atoms with van der Waals surface area (Å²) in [6, 6.07) is 2.85. The maximum absolute atomic E-state index is 13.5. The largest absolute Gasteiger partial charge is 0.207 e. The lowest BCUT2D eigenvalue weighted by Crippen LogP contribution is -2.01. The highest BCUT2D eigenvalue weighted by molar-refractivity contribution is 5.28. The fourth-order valence-electron chi connectivity index (χ4n) is 2.32. The summed E-state index contributed by atoms with van der Waals surface area (Å²) in [5.41, 5.74) is 0.967. The second kappa shape index (κ2) is 3.68. The van der Waals surface area contributed by atoms with Crippen LogP contribution in [0.5, 0.6) is 0 Å². The maximum atomic E-state index is 13.5. The van der Waals surface area contributed by atoms with Gasteiger partial charge < -0.3 is 0 Å². The predicted molar refractivity (Wildman–Crippen MR) is 52.3 cm³/mol. The Morgan fingerprint density at radius 2 is 1.57 bits per heavy atom. The van der Waals surface area contributed by atoms with E-state index in [0.29, 0.717) is 11.1 Å². The molecule has 0 saturated heterocycles. The highest BCUT2D eigenvalue weighted by atomic mass is 19.1. The van der Waals surface area contributed by atoms with Crippen molar-refractivity contribution in [3.05, 3.63) is 34.9 Å². The van der Waals surface area contributed by atoms with Crippen molar-refractivity contribution in [1.82, 2.24) is 0 Å². The lowest BCUT2D eigenvalue weighted by atomic mass is 9.95. The Hall–Kier alpha value is -0.920. The van der Waals surface area contributed by atoms with E-state index in [1.54, 1.807) is 6.92 Å². The zero-order valence-corrected chi connectivity index (χ0v) is 8.32. The molecule has 0 nitrogen and oxygen atoms in total. The number of halogens is 2. The van der Waals surface area contributed by atoms with Crippen LogP contribution in [-0.4, -0.2) is 0 Å². The van der Waals surface area contributed by atoms with E-state index in [1.807, 2.05) is 0 Å². The molecule has 0 radical (unpaired) electrons. The Balaban J connectivity index is 2.40. The van der Waals surface area contributed by atoms with Gasteiger partial charge in [0.25, 0.3) is 0 Å². The van der Waals surface area contributed by atoms with Crippen LogP contribution in [0.1, 0.15) is 42.7 Å². The first kappa shape index (κ1) is 9.63. The topological polar surface area (TPSA) is 0 Å². The van der Waals surface area contributed by atoms with E-state index in [9.17, 15) is 8.78 Å². The molecule has 0 aromatic heterocycles. The molecule has 0 amide bonds. The lowest BCUT2D eigenvalue weighted by molar-refractivity contribution is 0.523. The molecule has 1 fully saturated rings. The lowest BCUT2D eigenvalue weighted by Gasteiger charge is -2.12. The van der Waals surface area contributed by atoms with Crippen molar-refractivity contribution in [2.45, 2.75) is 38.5 Å². The van der Waals surface area contributed by atoms with Crippen LogP contribution < -0.4 is 0 Å². The summed E-state index contributed by atoms with van der Waals surface area (Å²) in [7, 11) is 0. The number of benzene rings is 1. The third kappa shape index (κ3) is 1.66.